The lowest BCUT2D eigenvalue weighted by Crippen LogP contribution is -2.13. The van der Waals surface area contributed by atoms with E-state index in [9.17, 15) is 4.79 Å². The Balaban J connectivity index is 2.00. The SMILES string of the molecule is COc1ccc(OC)c(NC(=O)CCc2ccc(C)c(N)c2)c1. The van der Waals surface area contributed by atoms with Gasteiger partial charge in [0.05, 0.1) is 19.9 Å². The normalized spacial score (nSPS) is 10.2. The number of nitrogen functional groups attached to an aromatic ring is 1. The Labute approximate surface area is 136 Å². The summed E-state index contributed by atoms with van der Waals surface area (Å²) in [4.78, 5) is 12.2. The highest BCUT2D eigenvalue weighted by atomic mass is 16.5. The first-order valence-electron chi connectivity index (χ1n) is 7.40. The molecule has 23 heavy (non-hydrogen) atoms. The molecular weight excluding hydrogens is 292 g/mol. The van der Waals surface area contributed by atoms with Crippen molar-refractivity contribution in [2.75, 3.05) is 25.3 Å². The van der Waals surface area contributed by atoms with Crippen LogP contribution in [0.25, 0.3) is 0 Å². The van der Waals surface area contributed by atoms with Gasteiger partial charge in [-0.15, -0.1) is 0 Å². The zero-order valence-electron chi connectivity index (χ0n) is 13.7. The molecule has 5 heteroatoms. The Morgan fingerprint density at radius 1 is 1.13 bits per heavy atom. The maximum atomic E-state index is 12.2. The molecule has 0 unspecified atom stereocenters. The van der Waals surface area contributed by atoms with Gasteiger partial charge in [0.15, 0.2) is 0 Å². The van der Waals surface area contributed by atoms with Gasteiger partial charge >= 0.3 is 0 Å². The molecule has 5 nitrogen and oxygen atoms in total. The highest BCUT2D eigenvalue weighted by Gasteiger charge is 2.09. The Morgan fingerprint density at radius 2 is 1.91 bits per heavy atom. The molecule has 0 saturated carbocycles. The van der Waals surface area contributed by atoms with Gasteiger partial charge < -0.3 is 20.5 Å². The number of carbonyl (C=O) groups excluding carboxylic acids is 1. The number of nitrogens with two attached hydrogens (primary N) is 1. The predicted octanol–water partition coefficient (Wildman–Crippen LogP) is 3.17. The number of carbonyl (C=O) groups is 1. The van der Waals surface area contributed by atoms with Crippen molar-refractivity contribution in [2.24, 2.45) is 0 Å². The molecule has 0 atom stereocenters. The zero-order chi connectivity index (χ0) is 16.8. The van der Waals surface area contributed by atoms with Gasteiger partial charge in [-0.25, -0.2) is 0 Å². The second-order valence-electron chi connectivity index (χ2n) is 5.31. The third-order valence-corrected chi connectivity index (χ3v) is 3.67. The minimum atomic E-state index is -0.0873. The van der Waals surface area contributed by atoms with Gasteiger partial charge in [0, 0.05) is 18.2 Å². The van der Waals surface area contributed by atoms with Crippen LogP contribution in [-0.4, -0.2) is 20.1 Å². The standard InChI is InChI=1S/C18H22N2O3/c1-12-4-5-13(10-15(12)19)6-9-18(21)20-16-11-14(22-2)7-8-17(16)23-3/h4-5,7-8,10-11H,6,9,19H2,1-3H3,(H,20,21). The van der Waals surface area contributed by atoms with E-state index < -0.39 is 0 Å². The molecule has 0 fully saturated rings. The topological polar surface area (TPSA) is 73.6 Å². The summed E-state index contributed by atoms with van der Waals surface area (Å²) in [5.74, 6) is 1.17. The zero-order valence-corrected chi connectivity index (χ0v) is 13.7. The summed E-state index contributed by atoms with van der Waals surface area (Å²) in [6.45, 7) is 1.96. The van der Waals surface area contributed by atoms with E-state index in [-0.39, 0.29) is 5.91 Å². The van der Waals surface area contributed by atoms with E-state index in [4.69, 9.17) is 15.2 Å². The van der Waals surface area contributed by atoms with Crippen LogP contribution in [0.1, 0.15) is 17.5 Å². The smallest absolute Gasteiger partial charge is 0.224 e. The van der Waals surface area contributed by atoms with Gasteiger partial charge in [-0.1, -0.05) is 12.1 Å². The molecule has 0 saturated heterocycles. The van der Waals surface area contributed by atoms with E-state index in [1.165, 1.54) is 0 Å². The van der Waals surface area contributed by atoms with E-state index in [0.29, 0.717) is 30.0 Å². The average Bonchev–Trinajstić information content (AvgIpc) is 2.55. The summed E-state index contributed by atoms with van der Waals surface area (Å²) in [6, 6.07) is 11.1. The molecule has 0 bridgehead atoms. The summed E-state index contributed by atoms with van der Waals surface area (Å²) in [5.41, 5.74) is 9.32. The van der Waals surface area contributed by atoms with Crippen molar-refractivity contribution in [3.63, 3.8) is 0 Å². The van der Waals surface area contributed by atoms with Crippen molar-refractivity contribution in [2.45, 2.75) is 19.8 Å². The molecule has 2 aromatic carbocycles. The number of hydrogen-bond acceptors (Lipinski definition) is 4. The third-order valence-electron chi connectivity index (χ3n) is 3.67. The number of rotatable bonds is 6. The van der Waals surface area contributed by atoms with Crippen molar-refractivity contribution >= 4 is 17.3 Å². The van der Waals surface area contributed by atoms with Crippen LogP contribution >= 0.6 is 0 Å². The largest absolute Gasteiger partial charge is 0.497 e. The minimum Gasteiger partial charge on any atom is -0.497 e. The Morgan fingerprint density at radius 3 is 2.57 bits per heavy atom. The molecule has 0 aromatic heterocycles. The fourth-order valence-electron chi connectivity index (χ4n) is 2.23. The number of ether oxygens (including phenoxy) is 2. The molecule has 2 rings (SSSR count). The first-order valence-corrected chi connectivity index (χ1v) is 7.40. The molecule has 3 N–H and O–H groups in total. The summed E-state index contributed by atoms with van der Waals surface area (Å²) in [6.07, 6.45) is 0.992. The lowest BCUT2D eigenvalue weighted by molar-refractivity contribution is -0.116. The van der Waals surface area contributed by atoms with Crippen LogP contribution in [0, 0.1) is 6.92 Å². The quantitative estimate of drug-likeness (QED) is 0.803. The molecular formula is C18H22N2O3. The summed E-state index contributed by atoms with van der Waals surface area (Å²) < 4.78 is 10.4. The van der Waals surface area contributed by atoms with Crippen molar-refractivity contribution in [3.05, 3.63) is 47.5 Å². The first kappa shape index (κ1) is 16.7. The molecule has 0 spiro atoms. The number of nitrogens with one attached hydrogen (secondary N) is 1. The van der Waals surface area contributed by atoms with Crippen LogP contribution in [0.2, 0.25) is 0 Å². The van der Waals surface area contributed by atoms with Crippen molar-refractivity contribution in [3.8, 4) is 11.5 Å². The number of amides is 1. The van der Waals surface area contributed by atoms with Gasteiger partial charge in [0.1, 0.15) is 11.5 Å². The van der Waals surface area contributed by atoms with Crippen LogP contribution in [0.4, 0.5) is 11.4 Å². The van der Waals surface area contributed by atoms with Crippen LogP contribution in [0.5, 0.6) is 11.5 Å². The molecule has 0 aliphatic heterocycles. The van der Waals surface area contributed by atoms with Gasteiger partial charge in [0.2, 0.25) is 5.91 Å². The van der Waals surface area contributed by atoms with Crippen molar-refractivity contribution in [1.82, 2.24) is 0 Å². The summed E-state index contributed by atoms with van der Waals surface area (Å²) in [5, 5.41) is 2.86. The van der Waals surface area contributed by atoms with Crippen LogP contribution in [0.3, 0.4) is 0 Å². The highest BCUT2D eigenvalue weighted by Crippen LogP contribution is 2.29. The number of benzene rings is 2. The second-order valence-corrected chi connectivity index (χ2v) is 5.31. The molecule has 0 aliphatic rings. The molecule has 0 radical (unpaired) electrons. The van der Waals surface area contributed by atoms with E-state index >= 15 is 0 Å². The van der Waals surface area contributed by atoms with Gasteiger partial charge in [-0.3, -0.25) is 4.79 Å². The van der Waals surface area contributed by atoms with Crippen LogP contribution in [-0.2, 0) is 11.2 Å². The first-order chi connectivity index (χ1) is 11.0. The minimum absolute atomic E-state index is 0.0873. The summed E-state index contributed by atoms with van der Waals surface area (Å²) in [7, 11) is 3.14. The second kappa shape index (κ2) is 7.54. The van der Waals surface area contributed by atoms with Gasteiger partial charge in [0.25, 0.3) is 0 Å². The fraction of sp³-hybridized carbons (Fsp3) is 0.278. The summed E-state index contributed by atoms with van der Waals surface area (Å²) >= 11 is 0. The Bertz CT molecular complexity index is 699. The monoisotopic (exact) mass is 314 g/mol. The lowest BCUT2D eigenvalue weighted by atomic mass is 10.1. The molecule has 0 aliphatic carbocycles. The lowest BCUT2D eigenvalue weighted by Gasteiger charge is -2.12. The van der Waals surface area contributed by atoms with E-state index in [1.807, 2.05) is 25.1 Å². The fourth-order valence-corrected chi connectivity index (χ4v) is 2.23. The molecule has 0 heterocycles. The van der Waals surface area contributed by atoms with Gasteiger partial charge in [-0.2, -0.15) is 0 Å². The highest BCUT2D eigenvalue weighted by molar-refractivity contribution is 5.92. The van der Waals surface area contributed by atoms with E-state index in [0.717, 1.165) is 16.8 Å². The maximum absolute atomic E-state index is 12.2. The van der Waals surface area contributed by atoms with Crippen molar-refractivity contribution < 1.29 is 14.3 Å². The third kappa shape index (κ3) is 4.39. The molecule has 122 valence electrons. The number of aryl methyl sites for hydroxylation is 2. The maximum Gasteiger partial charge on any atom is 0.224 e. The molecule has 1 amide bonds. The number of hydrogen-bond donors (Lipinski definition) is 2. The van der Waals surface area contributed by atoms with Crippen LogP contribution in [0.15, 0.2) is 36.4 Å². The predicted molar refractivity (Wildman–Crippen MR) is 92.1 cm³/mol. The average molecular weight is 314 g/mol. The number of anilines is 2. The van der Waals surface area contributed by atoms with Crippen LogP contribution < -0.4 is 20.5 Å². The van der Waals surface area contributed by atoms with Gasteiger partial charge in [-0.05, 0) is 42.7 Å². The van der Waals surface area contributed by atoms with E-state index in [1.54, 1.807) is 32.4 Å². The van der Waals surface area contributed by atoms with Crippen molar-refractivity contribution in [1.29, 1.82) is 0 Å². The Hall–Kier alpha value is -2.69. The number of methoxy groups -OCH3 is 2. The Kier molecular flexibility index (Phi) is 5.46. The van der Waals surface area contributed by atoms with E-state index in [2.05, 4.69) is 5.32 Å². The molecule has 2 aromatic rings.